The smallest absolute Gasteiger partial charge is 0.316 e. The van der Waals surface area contributed by atoms with E-state index in [2.05, 4.69) is 19.9 Å². The number of benzene rings is 1. The first kappa shape index (κ1) is 18.2. The van der Waals surface area contributed by atoms with Gasteiger partial charge in [0.2, 0.25) is 5.75 Å². The molecule has 0 saturated carbocycles. The Balaban J connectivity index is 1.43. The van der Waals surface area contributed by atoms with Crippen molar-refractivity contribution in [2.45, 2.75) is 12.6 Å². The number of aromatic nitrogens is 5. The number of rotatable bonds is 5. The molecule has 4 aromatic rings. The highest BCUT2D eigenvalue weighted by Crippen LogP contribution is 2.44. The van der Waals surface area contributed by atoms with Crippen molar-refractivity contribution in [1.29, 1.82) is 0 Å². The highest BCUT2D eigenvalue weighted by molar-refractivity contribution is 5.70. The van der Waals surface area contributed by atoms with Crippen LogP contribution in [0.5, 0.6) is 23.3 Å². The fraction of sp³-hybridized carbons (Fsp3) is 0.238. The van der Waals surface area contributed by atoms with Gasteiger partial charge in [-0.1, -0.05) is 0 Å². The molecule has 0 aliphatic carbocycles. The van der Waals surface area contributed by atoms with E-state index in [1.54, 1.807) is 32.0 Å². The topological polar surface area (TPSA) is 93.4 Å². The maximum Gasteiger partial charge on any atom is 0.316 e. The second kappa shape index (κ2) is 7.51. The standard InChI is InChI=1S/C21H19N5O4/c1-27-16-6-13(10-26-12-25-15-4-3-5-22-20(15)26)7-17-19(16)30-18(11-29-17)14-8-23-21(28-2)24-9-14/h3-9,12,18H,10-11H2,1-2H3. The zero-order valence-electron chi connectivity index (χ0n) is 16.5. The van der Waals surface area contributed by atoms with Crippen LogP contribution in [0, 0.1) is 0 Å². The summed E-state index contributed by atoms with van der Waals surface area (Å²) in [6.45, 7) is 0.918. The average molecular weight is 405 g/mol. The lowest BCUT2D eigenvalue weighted by Crippen LogP contribution is -2.22. The van der Waals surface area contributed by atoms with Gasteiger partial charge in [0.1, 0.15) is 12.1 Å². The van der Waals surface area contributed by atoms with E-state index in [9.17, 15) is 0 Å². The second-order valence-corrected chi connectivity index (χ2v) is 6.76. The molecule has 0 amide bonds. The number of hydrogen-bond acceptors (Lipinski definition) is 8. The molecule has 4 heterocycles. The summed E-state index contributed by atoms with van der Waals surface area (Å²) in [6.07, 6.45) is 6.53. The normalized spacial score (nSPS) is 15.2. The molecular weight excluding hydrogens is 386 g/mol. The number of imidazole rings is 1. The van der Waals surface area contributed by atoms with E-state index in [4.69, 9.17) is 18.9 Å². The van der Waals surface area contributed by atoms with Crippen molar-refractivity contribution in [3.05, 3.63) is 60.3 Å². The molecule has 0 N–H and O–H groups in total. The van der Waals surface area contributed by atoms with E-state index in [1.807, 2.05) is 28.8 Å². The third-order valence-electron chi connectivity index (χ3n) is 4.88. The van der Waals surface area contributed by atoms with Gasteiger partial charge in [0.05, 0.1) is 27.1 Å². The first-order valence-corrected chi connectivity index (χ1v) is 9.37. The third-order valence-corrected chi connectivity index (χ3v) is 4.88. The predicted molar refractivity (Wildman–Crippen MR) is 107 cm³/mol. The third kappa shape index (κ3) is 3.24. The molecule has 1 atom stereocenters. The SMILES string of the molecule is COc1ncc(C2COc3cc(Cn4cnc5cccnc54)cc(OC)c3O2)cn1. The maximum atomic E-state index is 6.17. The lowest BCUT2D eigenvalue weighted by atomic mass is 10.1. The summed E-state index contributed by atoms with van der Waals surface area (Å²) in [6, 6.07) is 8.00. The van der Waals surface area contributed by atoms with Crippen LogP contribution >= 0.6 is 0 Å². The number of ether oxygens (including phenoxy) is 4. The molecule has 1 unspecified atom stereocenters. The summed E-state index contributed by atoms with van der Waals surface area (Å²) in [5.74, 6) is 1.79. The van der Waals surface area contributed by atoms with Gasteiger partial charge in [-0.25, -0.2) is 19.9 Å². The summed E-state index contributed by atoms with van der Waals surface area (Å²) in [5.41, 5.74) is 3.46. The van der Waals surface area contributed by atoms with E-state index < -0.39 is 0 Å². The quantitative estimate of drug-likeness (QED) is 0.500. The molecule has 1 aliphatic heterocycles. The van der Waals surface area contributed by atoms with Gasteiger partial charge in [0.15, 0.2) is 23.3 Å². The molecule has 9 nitrogen and oxygen atoms in total. The van der Waals surface area contributed by atoms with Gasteiger partial charge in [0.25, 0.3) is 0 Å². The molecule has 0 spiro atoms. The van der Waals surface area contributed by atoms with Gasteiger partial charge in [-0.05, 0) is 29.8 Å². The van der Waals surface area contributed by atoms with Crippen LogP contribution in [0.1, 0.15) is 17.2 Å². The van der Waals surface area contributed by atoms with Gasteiger partial charge < -0.3 is 23.5 Å². The van der Waals surface area contributed by atoms with Crippen LogP contribution in [0.4, 0.5) is 0 Å². The van der Waals surface area contributed by atoms with Gasteiger partial charge >= 0.3 is 6.01 Å². The summed E-state index contributed by atoms with van der Waals surface area (Å²) in [7, 11) is 3.13. The van der Waals surface area contributed by atoms with Crippen molar-refractivity contribution in [1.82, 2.24) is 24.5 Å². The Kier molecular flexibility index (Phi) is 4.55. The van der Waals surface area contributed by atoms with Crippen LogP contribution in [0.15, 0.2) is 49.2 Å². The van der Waals surface area contributed by atoms with Gasteiger partial charge in [-0.2, -0.15) is 0 Å². The predicted octanol–water partition coefficient (Wildman–Crippen LogP) is 2.80. The van der Waals surface area contributed by atoms with Crippen molar-refractivity contribution in [3.63, 3.8) is 0 Å². The minimum absolute atomic E-state index is 0.305. The van der Waals surface area contributed by atoms with Crippen LogP contribution < -0.4 is 18.9 Å². The minimum Gasteiger partial charge on any atom is -0.493 e. The van der Waals surface area contributed by atoms with Crippen molar-refractivity contribution >= 4 is 11.2 Å². The first-order chi connectivity index (χ1) is 14.7. The van der Waals surface area contributed by atoms with Crippen LogP contribution in [0.3, 0.4) is 0 Å². The fourth-order valence-electron chi connectivity index (χ4n) is 3.41. The minimum atomic E-state index is -0.343. The first-order valence-electron chi connectivity index (χ1n) is 9.37. The molecule has 9 heteroatoms. The van der Waals surface area contributed by atoms with Crippen molar-refractivity contribution in [2.75, 3.05) is 20.8 Å². The molecule has 0 fully saturated rings. The van der Waals surface area contributed by atoms with Crippen LogP contribution in [-0.4, -0.2) is 45.3 Å². The maximum absolute atomic E-state index is 6.17. The lowest BCUT2D eigenvalue weighted by Gasteiger charge is -2.28. The number of pyridine rings is 1. The molecule has 30 heavy (non-hydrogen) atoms. The highest BCUT2D eigenvalue weighted by atomic mass is 16.6. The van der Waals surface area contributed by atoms with Crippen molar-refractivity contribution in [3.8, 4) is 23.3 Å². The van der Waals surface area contributed by atoms with Crippen LogP contribution in [0.2, 0.25) is 0 Å². The summed E-state index contributed by atoms with van der Waals surface area (Å²) in [4.78, 5) is 17.1. The fourth-order valence-corrected chi connectivity index (χ4v) is 3.41. The Bertz CT molecular complexity index is 1170. The number of methoxy groups -OCH3 is 2. The van der Waals surface area contributed by atoms with Crippen LogP contribution in [0.25, 0.3) is 11.2 Å². The Hall–Kier alpha value is -3.88. The molecule has 0 bridgehead atoms. The molecule has 3 aromatic heterocycles. The number of fused-ring (bicyclic) bond motifs is 2. The van der Waals surface area contributed by atoms with E-state index in [1.165, 1.54) is 7.11 Å². The average Bonchev–Trinajstić information content (AvgIpc) is 3.21. The van der Waals surface area contributed by atoms with E-state index in [0.717, 1.165) is 22.3 Å². The number of hydrogen-bond donors (Lipinski definition) is 0. The van der Waals surface area contributed by atoms with E-state index in [0.29, 0.717) is 36.4 Å². The van der Waals surface area contributed by atoms with Gasteiger partial charge in [-0.15, -0.1) is 0 Å². The Morgan fingerprint density at radius 1 is 1.10 bits per heavy atom. The van der Waals surface area contributed by atoms with E-state index in [-0.39, 0.29) is 6.10 Å². The molecule has 5 rings (SSSR count). The Morgan fingerprint density at radius 3 is 2.77 bits per heavy atom. The second-order valence-electron chi connectivity index (χ2n) is 6.76. The molecule has 0 saturated heterocycles. The Labute approximate surface area is 172 Å². The molecule has 1 aliphatic rings. The molecular formula is C21H19N5O4. The number of nitrogens with zero attached hydrogens (tertiary/aromatic N) is 5. The van der Waals surface area contributed by atoms with Gasteiger partial charge in [0, 0.05) is 24.2 Å². The molecule has 1 aromatic carbocycles. The molecule has 0 radical (unpaired) electrons. The Morgan fingerprint density at radius 2 is 1.97 bits per heavy atom. The lowest BCUT2D eigenvalue weighted by molar-refractivity contribution is 0.0863. The van der Waals surface area contributed by atoms with E-state index >= 15 is 0 Å². The van der Waals surface area contributed by atoms with Crippen molar-refractivity contribution in [2.24, 2.45) is 0 Å². The highest BCUT2D eigenvalue weighted by Gasteiger charge is 2.27. The molecule has 152 valence electrons. The summed E-state index contributed by atoms with van der Waals surface area (Å²) in [5, 5.41) is 0. The zero-order chi connectivity index (χ0) is 20.5. The van der Waals surface area contributed by atoms with Crippen LogP contribution in [-0.2, 0) is 6.54 Å². The zero-order valence-corrected chi connectivity index (χ0v) is 16.5. The largest absolute Gasteiger partial charge is 0.493 e. The summed E-state index contributed by atoms with van der Waals surface area (Å²) >= 11 is 0. The monoisotopic (exact) mass is 405 g/mol. The van der Waals surface area contributed by atoms with Crippen molar-refractivity contribution < 1.29 is 18.9 Å². The van der Waals surface area contributed by atoms with Gasteiger partial charge in [-0.3, -0.25) is 0 Å². The summed E-state index contributed by atoms with van der Waals surface area (Å²) < 4.78 is 24.8.